The SMILES string of the molecule is c1csc([C@H]2NCc3c(sc4c3CCCC4)-n3cccc32)c1. The van der Waals surface area contributed by atoms with Crippen molar-refractivity contribution in [3.05, 3.63) is 62.4 Å². The minimum absolute atomic E-state index is 0.314. The Morgan fingerprint density at radius 2 is 2.05 bits per heavy atom. The van der Waals surface area contributed by atoms with Crippen LogP contribution in [0.15, 0.2) is 35.8 Å². The highest BCUT2D eigenvalue weighted by Gasteiger charge is 2.28. The predicted octanol–water partition coefficient (Wildman–Crippen LogP) is 4.67. The molecule has 22 heavy (non-hydrogen) atoms. The minimum atomic E-state index is 0.314. The fraction of sp³-hybridized carbons (Fsp3) is 0.333. The smallest absolute Gasteiger partial charge is 0.104 e. The second-order valence-corrected chi connectivity index (χ2v) is 8.19. The molecule has 5 rings (SSSR count). The van der Waals surface area contributed by atoms with E-state index >= 15 is 0 Å². The van der Waals surface area contributed by atoms with Crippen LogP contribution in [-0.2, 0) is 19.4 Å². The van der Waals surface area contributed by atoms with E-state index in [0.29, 0.717) is 6.04 Å². The largest absolute Gasteiger partial charge is 0.310 e. The van der Waals surface area contributed by atoms with Gasteiger partial charge < -0.3 is 9.88 Å². The number of hydrogen-bond acceptors (Lipinski definition) is 3. The van der Waals surface area contributed by atoms with Crippen LogP contribution in [0.1, 0.15) is 45.5 Å². The number of aromatic nitrogens is 1. The summed E-state index contributed by atoms with van der Waals surface area (Å²) in [5.41, 5.74) is 4.57. The maximum absolute atomic E-state index is 3.81. The van der Waals surface area contributed by atoms with Crippen LogP contribution >= 0.6 is 22.7 Å². The van der Waals surface area contributed by atoms with Gasteiger partial charge in [-0.1, -0.05) is 6.07 Å². The lowest BCUT2D eigenvalue weighted by atomic mass is 9.95. The van der Waals surface area contributed by atoms with Gasteiger partial charge in [-0.2, -0.15) is 0 Å². The van der Waals surface area contributed by atoms with Crippen molar-refractivity contribution in [2.24, 2.45) is 0 Å². The van der Waals surface area contributed by atoms with Gasteiger partial charge >= 0.3 is 0 Å². The highest BCUT2D eigenvalue weighted by Crippen LogP contribution is 2.41. The first-order chi connectivity index (χ1) is 10.9. The zero-order valence-corrected chi connectivity index (χ0v) is 14.0. The molecular formula is C18H18N2S2. The van der Waals surface area contributed by atoms with Crippen LogP contribution in [0.25, 0.3) is 5.00 Å². The summed E-state index contributed by atoms with van der Waals surface area (Å²) < 4.78 is 2.43. The lowest BCUT2D eigenvalue weighted by Gasteiger charge is -2.17. The minimum Gasteiger partial charge on any atom is -0.310 e. The van der Waals surface area contributed by atoms with Crippen molar-refractivity contribution in [1.82, 2.24) is 9.88 Å². The number of fused-ring (bicyclic) bond motifs is 5. The van der Waals surface area contributed by atoms with Gasteiger partial charge in [0.15, 0.2) is 0 Å². The Kier molecular flexibility index (Phi) is 3.03. The molecule has 0 unspecified atom stereocenters. The van der Waals surface area contributed by atoms with E-state index in [2.05, 4.69) is 45.7 Å². The molecule has 112 valence electrons. The molecule has 2 aliphatic rings. The summed E-state index contributed by atoms with van der Waals surface area (Å²) in [6.07, 6.45) is 7.49. The van der Waals surface area contributed by atoms with Crippen molar-refractivity contribution in [2.75, 3.05) is 0 Å². The second-order valence-electron chi connectivity index (χ2n) is 6.13. The fourth-order valence-corrected chi connectivity index (χ4v) is 6.04. The molecule has 3 aromatic heterocycles. The number of nitrogens with one attached hydrogen (secondary N) is 1. The number of aryl methyl sites for hydroxylation is 1. The third-order valence-electron chi connectivity index (χ3n) is 4.87. The molecule has 0 bridgehead atoms. The van der Waals surface area contributed by atoms with E-state index in [9.17, 15) is 0 Å². The molecule has 1 aliphatic carbocycles. The van der Waals surface area contributed by atoms with Gasteiger partial charge in [0.05, 0.1) is 6.04 Å². The Hall–Kier alpha value is -1.36. The maximum atomic E-state index is 3.81. The maximum Gasteiger partial charge on any atom is 0.104 e. The van der Waals surface area contributed by atoms with Gasteiger partial charge in [0, 0.05) is 33.8 Å². The molecule has 0 amide bonds. The summed E-state index contributed by atoms with van der Waals surface area (Å²) >= 11 is 3.87. The van der Waals surface area contributed by atoms with Crippen LogP contribution in [0.5, 0.6) is 0 Å². The van der Waals surface area contributed by atoms with E-state index in [0.717, 1.165) is 6.54 Å². The van der Waals surface area contributed by atoms with Crippen LogP contribution in [0.4, 0.5) is 0 Å². The van der Waals surface area contributed by atoms with Gasteiger partial charge in [-0.05, 0) is 54.8 Å². The first kappa shape index (κ1) is 13.1. The molecule has 4 heteroatoms. The van der Waals surface area contributed by atoms with Gasteiger partial charge in [0.1, 0.15) is 5.00 Å². The van der Waals surface area contributed by atoms with E-state index in [1.165, 1.54) is 41.3 Å². The molecule has 0 saturated carbocycles. The Morgan fingerprint density at radius 1 is 1.09 bits per heavy atom. The average Bonchev–Trinajstić information content (AvgIpc) is 3.26. The van der Waals surface area contributed by atoms with Crippen LogP contribution in [0.3, 0.4) is 0 Å². The van der Waals surface area contributed by atoms with E-state index in [4.69, 9.17) is 0 Å². The number of hydrogen-bond donors (Lipinski definition) is 1. The van der Waals surface area contributed by atoms with E-state index in [1.807, 2.05) is 22.7 Å². The van der Waals surface area contributed by atoms with Crippen LogP contribution in [0, 0.1) is 0 Å². The van der Waals surface area contributed by atoms with Gasteiger partial charge in [0.2, 0.25) is 0 Å². The molecule has 2 nitrogen and oxygen atoms in total. The molecule has 1 aliphatic heterocycles. The molecule has 4 heterocycles. The molecule has 0 saturated heterocycles. The predicted molar refractivity (Wildman–Crippen MR) is 93.3 cm³/mol. The number of rotatable bonds is 1. The van der Waals surface area contributed by atoms with Gasteiger partial charge in [0.25, 0.3) is 0 Å². The standard InChI is InChI=1S/C18H18N2S2/c1-2-7-15-12(5-1)13-11-19-17(16-8-4-10-21-16)14-6-3-9-20(14)18(13)22-15/h3-4,6,8-10,17,19H,1-2,5,7,11H2/t17-/m0/s1. The summed E-state index contributed by atoms with van der Waals surface area (Å²) in [6.45, 7) is 0.991. The molecule has 0 spiro atoms. The van der Waals surface area contributed by atoms with Crippen LogP contribution < -0.4 is 5.32 Å². The van der Waals surface area contributed by atoms with Crippen LogP contribution in [-0.4, -0.2) is 4.57 Å². The first-order valence-corrected chi connectivity index (χ1v) is 9.69. The third kappa shape index (κ3) is 1.87. The van der Waals surface area contributed by atoms with Gasteiger partial charge in [-0.3, -0.25) is 0 Å². The Morgan fingerprint density at radius 3 is 2.95 bits per heavy atom. The van der Waals surface area contributed by atoms with Crippen molar-refractivity contribution in [2.45, 2.75) is 38.3 Å². The second kappa shape index (κ2) is 5.08. The van der Waals surface area contributed by atoms with Crippen LogP contribution in [0.2, 0.25) is 0 Å². The molecule has 0 aromatic carbocycles. The summed E-state index contributed by atoms with van der Waals surface area (Å²) in [4.78, 5) is 3.04. The zero-order chi connectivity index (χ0) is 14.5. The average molecular weight is 326 g/mol. The number of nitrogens with zero attached hydrogens (tertiary/aromatic N) is 1. The molecule has 0 radical (unpaired) electrons. The van der Waals surface area contributed by atoms with Gasteiger partial charge in [-0.15, -0.1) is 22.7 Å². The summed E-state index contributed by atoms with van der Waals surface area (Å²) in [5.74, 6) is 0. The van der Waals surface area contributed by atoms with Crippen molar-refractivity contribution in [3.63, 3.8) is 0 Å². The van der Waals surface area contributed by atoms with E-state index in [1.54, 1.807) is 16.0 Å². The van der Waals surface area contributed by atoms with Gasteiger partial charge in [-0.25, -0.2) is 0 Å². The van der Waals surface area contributed by atoms with Crippen molar-refractivity contribution < 1.29 is 0 Å². The normalized spacial score (nSPS) is 20.1. The molecule has 1 N–H and O–H groups in total. The van der Waals surface area contributed by atoms with Crippen molar-refractivity contribution in [3.8, 4) is 5.00 Å². The summed E-state index contributed by atoms with van der Waals surface area (Å²) in [5, 5.41) is 7.45. The Balaban J connectivity index is 1.68. The highest BCUT2D eigenvalue weighted by molar-refractivity contribution is 7.15. The molecule has 3 aromatic rings. The highest BCUT2D eigenvalue weighted by atomic mass is 32.1. The topological polar surface area (TPSA) is 17.0 Å². The molecule has 1 atom stereocenters. The quantitative estimate of drug-likeness (QED) is 0.687. The third-order valence-corrected chi connectivity index (χ3v) is 7.14. The lowest BCUT2D eigenvalue weighted by Crippen LogP contribution is -2.21. The number of thiophene rings is 2. The van der Waals surface area contributed by atoms with E-state index in [-0.39, 0.29) is 0 Å². The molecular weight excluding hydrogens is 308 g/mol. The lowest BCUT2D eigenvalue weighted by molar-refractivity contribution is 0.602. The van der Waals surface area contributed by atoms with Crippen molar-refractivity contribution in [1.29, 1.82) is 0 Å². The summed E-state index contributed by atoms with van der Waals surface area (Å²) in [7, 11) is 0. The first-order valence-electron chi connectivity index (χ1n) is 7.99. The molecule has 0 fully saturated rings. The monoisotopic (exact) mass is 326 g/mol. The van der Waals surface area contributed by atoms with Crippen molar-refractivity contribution >= 4 is 22.7 Å². The Bertz CT molecular complexity index is 810. The zero-order valence-electron chi connectivity index (χ0n) is 12.3. The Labute approximate surface area is 138 Å². The summed E-state index contributed by atoms with van der Waals surface area (Å²) in [6, 6.07) is 9.16. The van der Waals surface area contributed by atoms with E-state index < -0.39 is 0 Å². The fourth-order valence-electron chi connectivity index (χ4n) is 3.82.